The standard InChI is InChI=1S/C17H24Cl2O2/c1-4-21-17(9-7-16(2,3)8-10-17)15(20)12-5-6-13(18)14(19)11-12/h5-6,11,15,20H,4,7-10H2,1-3H3. The van der Waals surface area contributed by atoms with E-state index in [9.17, 15) is 5.11 Å². The van der Waals surface area contributed by atoms with E-state index in [2.05, 4.69) is 13.8 Å². The van der Waals surface area contributed by atoms with Crippen molar-refractivity contribution in [3.05, 3.63) is 33.8 Å². The van der Waals surface area contributed by atoms with Gasteiger partial charge >= 0.3 is 0 Å². The van der Waals surface area contributed by atoms with Crippen molar-refractivity contribution in [1.82, 2.24) is 0 Å². The molecule has 118 valence electrons. The van der Waals surface area contributed by atoms with Gasteiger partial charge in [-0.2, -0.15) is 0 Å². The van der Waals surface area contributed by atoms with Gasteiger partial charge in [-0.1, -0.05) is 43.1 Å². The molecule has 1 fully saturated rings. The summed E-state index contributed by atoms with van der Waals surface area (Å²) in [5, 5.41) is 11.9. The zero-order valence-electron chi connectivity index (χ0n) is 13.0. The Morgan fingerprint density at radius 1 is 1.14 bits per heavy atom. The van der Waals surface area contributed by atoms with Crippen LogP contribution in [-0.2, 0) is 4.74 Å². The first kappa shape index (κ1) is 17.1. The SMILES string of the molecule is CCOC1(C(O)c2ccc(Cl)c(Cl)c2)CCC(C)(C)CC1. The number of benzene rings is 1. The van der Waals surface area contributed by atoms with Crippen molar-refractivity contribution in [1.29, 1.82) is 0 Å². The third kappa shape index (κ3) is 3.73. The third-order valence-corrected chi connectivity index (χ3v) is 5.38. The third-order valence-electron chi connectivity index (χ3n) is 4.64. The van der Waals surface area contributed by atoms with E-state index in [0.717, 1.165) is 31.2 Å². The molecular weight excluding hydrogens is 307 g/mol. The topological polar surface area (TPSA) is 29.5 Å². The lowest BCUT2D eigenvalue weighted by atomic mass is 9.68. The van der Waals surface area contributed by atoms with E-state index in [1.807, 2.05) is 13.0 Å². The number of hydrogen-bond donors (Lipinski definition) is 1. The maximum atomic E-state index is 10.9. The number of aliphatic hydroxyl groups is 1. The van der Waals surface area contributed by atoms with Crippen LogP contribution in [0.5, 0.6) is 0 Å². The van der Waals surface area contributed by atoms with Crippen LogP contribution in [0.15, 0.2) is 18.2 Å². The summed E-state index contributed by atoms with van der Waals surface area (Å²) < 4.78 is 6.02. The number of aliphatic hydroxyl groups excluding tert-OH is 1. The quantitative estimate of drug-likeness (QED) is 0.800. The summed E-state index contributed by atoms with van der Waals surface area (Å²) >= 11 is 12.0. The van der Waals surface area contributed by atoms with Gasteiger partial charge in [0.15, 0.2) is 0 Å². The molecule has 4 heteroatoms. The first-order chi connectivity index (χ1) is 9.80. The van der Waals surface area contributed by atoms with Gasteiger partial charge in [0.05, 0.1) is 15.6 Å². The molecule has 0 radical (unpaired) electrons. The van der Waals surface area contributed by atoms with Gasteiger partial charge in [0, 0.05) is 6.61 Å². The summed E-state index contributed by atoms with van der Waals surface area (Å²) in [6, 6.07) is 5.31. The van der Waals surface area contributed by atoms with Crippen LogP contribution in [0.25, 0.3) is 0 Å². The molecule has 0 bridgehead atoms. The van der Waals surface area contributed by atoms with Crippen molar-refractivity contribution in [2.24, 2.45) is 5.41 Å². The van der Waals surface area contributed by atoms with Crippen molar-refractivity contribution in [3.8, 4) is 0 Å². The molecule has 0 heterocycles. The number of rotatable bonds is 4. The predicted molar refractivity (Wildman–Crippen MR) is 88.0 cm³/mol. The molecule has 1 aliphatic rings. The first-order valence-electron chi connectivity index (χ1n) is 7.57. The normalized spacial score (nSPS) is 22.0. The van der Waals surface area contributed by atoms with Crippen LogP contribution in [0.2, 0.25) is 10.0 Å². The van der Waals surface area contributed by atoms with Crippen molar-refractivity contribution < 1.29 is 9.84 Å². The van der Waals surface area contributed by atoms with Crippen molar-refractivity contribution in [3.63, 3.8) is 0 Å². The van der Waals surface area contributed by atoms with Crippen LogP contribution in [0, 0.1) is 5.41 Å². The average Bonchev–Trinajstić information content (AvgIpc) is 2.44. The maximum absolute atomic E-state index is 10.9. The molecule has 1 aromatic rings. The van der Waals surface area contributed by atoms with Crippen molar-refractivity contribution in [2.75, 3.05) is 6.61 Å². The molecule has 0 amide bonds. The molecule has 21 heavy (non-hydrogen) atoms. The highest BCUT2D eigenvalue weighted by Crippen LogP contribution is 2.48. The summed E-state index contributed by atoms with van der Waals surface area (Å²) in [5.41, 5.74) is 0.580. The Kier molecular flexibility index (Phi) is 5.25. The number of halogens is 2. The fraction of sp³-hybridized carbons (Fsp3) is 0.647. The van der Waals surface area contributed by atoms with Gasteiger partial charge in [0.2, 0.25) is 0 Å². The summed E-state index contributed by atoms with van der Waals surface area (Å²) in [7, 11) is 0. The molecule has 1 unspecified atom stereocenters. The Morgan fingerprint density at radius 3 is 2.29 bits per heavy atom. The van der Waals surface area contributed by atoms with Gasteiger partial charge in [0.25, 0.3) is 0 Å². The molecule has 2 rings (SSSR count). The smallest absolute Gasteiger partial charge is 0.108 e. The highest BCUT2D eigenvalue weighted by molar-refractivity contribution is 6.42. The monoisotopic (exact) mass is 330 g/mol. The van der Waals surface area contributed by atoms with Crippen molar-refractivity contribution >= 4 is 23.2 Å². The fourth-order valence-corrected chi connectivity index (χ4v) is 3.43. The number of ether oxygens (including phenoxy) is 1. The van der Waals surface area contributed by atoms with Crippen LogP contribution in [0.4, 0.5) is 0 Å². The van der Waals surface area contributed by atoms with E-state index < -0.39 is 11.7 Å². The summed E-state index contributed by atoms with van der Waals surface area (Å²) in [6.45, 7) is 7.12. The molecule has 2 nitrogen and oxygen atoms in total. The highest BCUT2D eigenvalue weighted by atomic mass is 35.5. The lowest BCUT2D eigenvalue weighted by Gasteiger charge is -2.46. The van der Waals surface area contributed by atoms with Gasteiger partial charge in [-0.3, -0.25) is 0 Å². The Labute approximate surface area is 137 Å². The minimum atomic E-state index is -0.677. The van der Waals surface area contributed by atoms with Gasteiger partial charge in [-0.15, -0.1) is 0 Å². The van der Waals surface area contributed by atoms with Gasteiger partial charge < -0.3 is 9.84 Å². The van der Waals surface area contributed by atoms with Crippen molar-refractivity contribution in [2.45, 2.75) is 58.2 Å². The molecule has 0 saturated heterocycles. The molecule has 0 spiro atoms. The number of hydrogen-bond acceptors (Lipinski definition) is 2. The van der Waals surface area contributed by atoms with E-state index in [1.54, 1.807) is 12.1 Å². The molecule has 1 saturated carbocycles. The molecule has 1 N–H and O–H groups in total. The average molecular weight is 331 g/mol. The predicted octanol–water partition coefficient (Wildman–Crippen LogP) is 5.40. The Hall–Kier alpha value is -0.280. The summed E-state index contributed by atoms with van der Waals surface area (Å²) in [6.07, 6.45) is 3.13. The summed E-state index contributed by atoms with van der Waals surface area (Å²) in [5.74, 6) is 0. The van der Waals surface area contributed by atoms with E-state index in [-0.39, 0.29) is 0 Å². The van der Waals surface area contributed by atoms with Gasteiger partial charge in [-0.05, 0) is 55.7 Å². The molecule has 1 atom stereocenters. The van der Waals surface area contributed by atoms with Crippen LogP contribution >= 0.6 is 23.2 Å². The van der Waals surface area contributed by atoms with E-state index in [1.165, 1.54) is 0 Å². The Bertz CT molecular complexity index is 490. The second-order valence-corrected chi connectivity index (χ2v) is 7.55. The van der Waals surface area contributed by atoms with Crippen LogP contribution < -0.4 is 0 Å². The maximum Gasteiger partial charge on any atom is 0.108 e. The fourth-order valence-electron chi connectivity index (χ4n) is 3.12. The first-order valence-corrected chi connectivity index (χ1v) is 8.32. The van der Waals surface area contributed by atoms with Crippen LogP contribution in [0.3, 0.4) is 0 Å². The second-order valence-electron chi connectivity index (χ2n) is 6.74. The van der Waals surface area contributed by atoms with Gasteiger partial charge in [-0.25, -0.2) is 0 Å². The Morgan fingerprint density at radius 2 is 1.76 bits per heavy atom. The van der Waals surface area contributed by atoms with Gasteiger partial charge in [0.1, 0.15) is 6.10 Å². The highest BCUT2D eigenvalue weighted by Gasteiger charge is 2.44. The van der Waals surface area contributed by atoms with E-state index in [4.69, 9.17) is 27.9 Å². The minimum absolute atomic E-state index is 0.317. The van der Waals surface area contributed by atoms with E-state index in [0.29, 0.717) is 22.1 Å². The minimum Gasteiger partial charge on any atom is -0.385 e. The molecular formula is C17H24Cl2O2. The largest absolute Gasteiger partial charge is 0.385 e. The molecule has 1 aliphatic carbocycles. The second kappa shape index (κ2) is 6.45. The lowest BCUT2D eigenvalue weighted by Crippen LogP contribution is -2.44. The molecule has 1 aromatic carbocycles. The molecule has 0 aromatic heterocycles. The summed E-state index contributed by atoms with van der Waals surface area (Å²) in [4.78, 5) is 0. The molecule has 0 aliphatic heterocycles. The van der Waals surface area contributed by atoms with E-state index >= 15 is 0 Å². The Balaban J connectivity index is 2.27. The zero-order valence-corrected chi connectivity index (χ0v) is 14.5. The lowest BCUT2D eigenvalue weighted by molar-refractivity contribution is -0.153. The van der Waals surface area contributed by atoms with Crippen LogP contribution in [-0.4, -0.2) is 17.3 Å². The van der Waals surface area contributed by atoms with Crippen LogP contribution in [0.1, 0.15) is 58.1 Å². The zero-order chi connectivity index (χ0) is 15.7.